The zero-order chi connectivity index (χ0) is 21.5. The Kier molecular flexibility index (Phi) is 4.92. The van der Waals surface area contributed by atoms with Crippen molar-refractivity contribution in [2.45, 2.75) is 25.2 Å². The monoisotopic (exact) mass is 425 g/mol. The predicted molar refractivity (Wildman–Crippen MR) is 109 cm³/mol. The lowest BCUT2D eigenvalue weighted by Crippen LogP contribution is -2.44. The van der Waals surface area contributed by atoms with Gasteiger partial charge in [-0.05, 0) is 43.5 Å². The number of hydrogen-bond acceptors (Lipinski definition) is 4. The fourth-order valence-electron chi connectivity index (χ4n) is 4.52. The molecule has 3 heterocycles. The zero-order valence-corrected chi connectivity index (χ0v) is 16.8. The van der Waals surface area contributed by atoms with Crippen molar-refractivity contribution in [1.82, 2.24) is 9.88 Å². The topological polar surface area (TPSA) is 66.7 Å². The number of hydrogen-bond donors (Lipinski definition) is 0. The summed E-state index contributed by atoms with van der Waals surface area (Å²) in [6.45, 7) is 1.25. The average Bonchev–Trinajstić information content (AvgIpc) is 3.36. The molecule has 2 amide bonds. The first-order valence-electron chi connectivity index (χ1n) is 10.4. The minimum Gasteiger partial charge on any atom is -0.440 e. The second kappa shape index (κ2) is 7.76. The van der Waals surface area contributed by atoms with Crippen molar-refractivity contribution in [2.75, 3.05) is 24.5 Å². The first kappa shape index (κ1) is 19.7. The van der Waals surface area contributed by atoms with Gasteiger partial charge in [-0.3, -0.25) is 9.59 Å². The summed E-state index contributed by atoms with van der Waals surface area (Å²) in [4.78, 5) is 33.6. The maximum absolute atomic E-state index is 13.6. The third-order valence-corrected chi connectivity index (χ3v) is 6.06. The zero-order valence-electron chi connectivity index (χ0n) is 16.8. The van der Waals surface area contributed by atoms with E-state index in [0.717, 1.165) is 36.6 Å². The van der Waals surface area contributed by atoms with Crippen molar-refractivity contribution in [3.05, 3.63) is 60.0 Å². The predicted octanol–water partition coefficient (Wildman–Crippen LogP) is 3.87. The van der Waals surface area contributed by atoms with Crippen molar-refractivity contribution in [2.24, 2.45) is 5.92 Å². The number of oxazole rings is 1. The van der Waals surface area contributed by atoms with Crippen molar-refractivity contribution < 1.29 is 22.8 Å². The van der Waals surface area contributed by atoms with E-state index in [9.17, 15) is 18.4 Å². The molecule has 3 aromatic rings. The molecule has 1 aromatic heterocycles. The van der Waals surface area contributed by atoms with Crippen LogP contribution in [0, 0.1) is 17.6 Å². The number of fused-ring (bicyclic) bond motifs is 1. The Morgan fingerprint density at radius 3 is 2.61 bits per heavy atom. The maximum atomic E-state index is 13.6. The van der Waals surface area contributed by atoms with Crippen LogP contribution in [0.4, 0.5) is 14.5 Å². The van der Waals surface area contributed by atoms with Gasteiger partial charge in [0, 0.05) is 31.4 Å². The normalized spacial score (nSPS) is 21.8. The molecule has 2 aliphatic rings. The third-order valence-electron chi connectivity index (χ3n) is 6.06. The summed E-state index contributed by atoms with van der Waals surface area (Å²) in [6, 6.07) is 10.5. The maximum Gasteiger partial charge on any atom is 0.239 e. The molecule has 2 aliphatic heterocycles. The van der Waals surface area contributed by atoms with Gasteiger partial charge in [0.05, 0.1) is 5.92 Å². The van der Waals surface area contributed by atoms with Gasteiger partial charge in [-0.1, -0.05) is 12.1 Å². The Bertz CT molecular complexity index is 1110. The van der Waals surface area contributed by atoms with E-state index in [-0.39, 0.29) is 24.1 Å². The molecule has 5 rings (SSSR count). The van der Waals surface area contributed by atoms with E-state index in [1.54, 1.807) is 4.90 Å². The molecule has 2 saturated heterocycles. The van der Waals surface area contributed by atoms with Gasteiger partial charge in [0.1, 0.15) is 23.1 Å². The fourth-order valence-corrected chi connectivity index (χ4v) is 4.52. The van der Waals surface area contributed by atoms with Crippen LogP contribution in [0.5, 0.6) is 0 Å². The number of anilines is 1. The SMILES string of the molecule is O=C(C1CCN(c2cc(F)cc(F)c2)C1=O)N1CCCC(c2nc3ccccc3o2)C1. The number of likely N-dealkylation sites (tertiary alicyclic amines) is 1. The van der Waals surface area contributed by atoms with Crippen LogP contribution < -0.4 is 4.90 Å². The Balaban J connectivity index is 1.31. The second-order valence-corrected chi connectivity index (χ2v) is 8.10. The van der Waals surface area contributed by atoms with Crippen LogP contribution in [0.15, 0.2) is 46.9 Å². The van der Waals surface area contributed by atoms with Crippen molar-refractivity contribution in [1.29, 1.82) is 0 Å². The van der Waals surface area contributed by atoms with Crippen molar-refractivity contribution in [3.63, 3.8) is 0 Å². The summed E-state index contributed by atoms with van der Waals surface area (Å²) in [5.74, 6) is -2.44. The number of amides is 2. The smallest absolute Gasteiger partial charge is 0.239 e. The van der Waals surface area contributed by atoms with Crippen LogP contribution in [0.3, 0.4) is 0 Å². The van der Waals surface area contributed by atoms with Gasteiger partial charge in [-0.25, -0.2) is 13.8 Å². The summed E-state index contributed by atoms with van der Waals surface area (Å²) in [5, 5.41) is 0. The minimum atomic E-state index is -0.839. The number of carbonyl (C=O) groups is 2. The number of para-hydroxylation sites is 2. The molecule has 2 unspecified atom stereocenters. The highest BCUT2D eigenvalue weighted by Gasteiger charge is 2.41. The summed E-state index contributed by atoms with van der Waals surface area (Å²) < 4.78 is 33.0. The van der Waals surface area contributed by atoms with Gasteiger partial charge in [-0.2, -0.15) is 0 Å². The Labute approximate surface area is 177 Å². The molecule has 0 bridgehead atoms. The molecule has 0 aliphatic carbocycles. The number of carbonyl (C=O) groups excluding carboxylic acids is 2. The standard InChI is InChI=1S/C23H21F2N3O3/c24-15-10-16(25)12-17(11-15)28-9-7-18(23(28)30)22(29)27-8-3-4-14(13-27)21-26-19-5-1-2-6-20(19)31-21/h1-2,5-6,10-12,14,18H,3-4,7-9,13H2. The molecule has 0 saturated carbocycles. The van der Waals surface area contributed by atoms with Gasteiger partial charge >= 0.3 is 0 Å². The fraction of sp³-hybridized carbons (Fsp3) is 0.348. The molecule has 0 spiro atoms. The average molecular weight is 425 g/mol. The first-order chi connectivity index (χ1) is 15.0. The third kappa shape index (κ3) is 3.66. The van der Waals surface area contributed by atoms with E-state index in [1.165, 1.54) is 4.90 Å². The largest absolute Gasteiger partial charge is 0.440 e. The van der Waals surface area contributed by atoms with Gasteiger partial charge in [-0.15, -0.1) is 0 Å². The van der Waals surface area contributed by atoms with Gasteiger partial charge in [0.2, 0.25) is 11.8 Å². The molecule has 0 radical (unpaired) electrons. The van der Waals surface area contributed by atoms with E-state index in [4.69, 9.17) is 4.42 Å². The number of piperidine rings is 1. The van der Waals surface area contributed by atoms with Gasteiger partial charge in [0.15, 0.2) is 11.5 Å². The minimum absolute atomic E-state index is 0.0324. The second-order valence-electron chi connectivity index (χ2n) is 8.10. The van der Waals surface area contributed by atoms with Gasteiger partial charge < -0.3 is 14.2 Å². The summed E-state index contributed by atoms with van der Waals surface area (Å²) in [7, 11) is 0. The summed E-state index contributed by atoms with van der Waals surface area (Å²) in [6.07, 6.45) is 1.96. The van der Waals surface area contributed by atoms with E-state index >= 15 is 0 Å². The highest BCUT2D eigenvalue weighted by molar-refractivity contribution is 6.09. The quantitative estimate of drug-likeness (QED) is 0.598. The molecule has 160 valence electrons. The molecule has 6 nitrogen and oxygen atoms in total. The highest BCUT2D eigenvalue weighted by Crippen LogP contribution is 2.32. The van der Waals surface area contributed by atoms with Gasteiger partial charge in [0.25, 0.3) is 0 Å². The van der Waals surface area contributed by atoms with E-state index < -0.39 is 23.5 Å². The lowest BCUT2D eigenvalue weighted by atomic mass is 9.96. The highest BCUT2D eigenvalue weighted by atomic mass is 19.1. The van der Waals surface area contributed by atoms with Crippen molar-refractivity contribution >= 4 is 28.6 Å². The lowest BCUT2D eigenvalue weighted by molar-refractivity contribution is -0.140. The summed E-state index contributed by atoms with van der Waals surface area (Å²) >= 11 is 0. The number of aromatic nitrogens is 1. The molecule has 2 aromatic carbocycles. The molecule has 31 heavy (non-hydrogen) atoms. The first-order valence-corrected chi connectivity index (χ1v) is 10.4. The van der Waals surface area contributed by atoms with Crippen LogP contribution in [-0.4, -0.2) is 41.3 Å². The Hall–Kier alpha value is -3.29. The van der Waals surface area contributed by atoms with E-state index in [2.05, 4.69) is 4.98 Å². The molecule has 2 atom stereocenters. The molecule has 2 fully saturated rings. The van der Waals surface area contributed by atoms with E-state index in [1.807, 2.05) is 24.3 Å². The van der Waals surface area contributed by atoms with Crippen molar-refractivity contribution in [3.8, 4) is 0 Å². The van der Waals surface area contributed by atoms with Crippen LogP contribution in [0.1, 0.15) is 31.1 Å². The van der Waals surface area contributed by atoms with Crippen LogP contribution in [-0.2, 0) is 9.59 Å². The number of rotatable bonds is 3. The van der Waals surface area contributed by atoms with E-state index in [0.29, 0.717) is 31.0 Å². The Morgan fingerprint density at radius 2 is 1.84 bits per heavy atom. The molecule has 0 N–H and O–H groups in total. The van der Waals surface area contributed by atoms with Crippen LogP contribution in [0.2, 0.25) is 0 Å². The number of benzene rings is 2. The van der Waals surface area contributed by atoms with Crippen LogP contribution >= 0.6 is 0 Å². The lowest BCUT2D eigenvalue weighted by Gasteiger charge is -2.32. The molecular weight excluding hydrogens is 404 g/mol. The molecular formula is C23H21F2N3O3. The number of halogens is 2. The molecule has 8 heteroatoms. The summed E-state index contributed by atoms with van der Waals surface area (Å²) in [5.41, 5.74) is 1.63. The Morgan fingerprint density at radius 1 is 1.06 bits per heavy atom. The van der Waals surface area contributed by atoms with Crippen LogP contribution in [0.25, 0.3) is 11.1 Å². The number of nitrogens with zero attached hydrogens (tertiary/aromatic N) is 3.